The first kappa shape index (κ1) is 15.1. The number of halogens is 1. The van der Waals surface area contributed by atoms with E-state index in [1.54, 1.807) is 30.0 Å². The highest BCUT2D eigenvalue weighted by atomic mass is 32.2. The van der Waals surface area contributed by atoms with E-state index in [0.717, 1.165) is 18.6 Å². The second-order valence-corrected chi connectivity index (χ2v) is 6.58. The number of thioether (sulfide) groups is 1. The lowest BCUT2D eigenvalue weighted by molar-refractivity contribution is -0.121. The molecule has 2 aliphatic rings. The van der Waals surface area contributed by atoms with Crippen LogP contribution in [-0.2, 0) is 4.79 Å². The van der Waals surface area contributed by atoms with E-state index in [0.29, 0.717) is 13.1 Å². The molecule has 0 aliphatic carbocycles. The molecular weight excluding hydrogens is 305 g/mol. The van der Waals surface area contributed by atoms with Gasteiger partial charge in [0.15, 0.2) is 11.6 Å². The Balaban J connectivity index is 1.51. The van der Waals surface area contributed by atoms with Crippen LogP contribution < -0.4 is 15.4 Å². The summed E-state index contributed by atoms with van der Waals surface area (Å²) in [5.41, 5.74) is 0. The first-order valence-electron chi connectivity index (χ1n) is 7.35. The summed E-state index contributed by atoms with van der Waals surface area (Å²) in [6.45, 7) is 0.955. The molecule has 7 heteroatoms. The summed E-state index contributed by atoms with van der Waals surface area (Å²) in [7, 11) is 0. The zero-order chi connectivity index (χ0) is 15.4. The van der Waals surface area contributed by atoms with E-state index in [-0.39, 0.29) is 29.0 Å². The van der Waals surface area contributed by atoms with Crippen molar-refractivity contribution in [2.24, 2.45) is 4.99 Å². The number of carbonyl (C=O) groups is 1. The maximum atomic E-state index is 13.5. The second kappa shape index (κ2) is 7.00. The first-order chi connectivity index (χ1) is 10.7. The minimum absolute atomic E-state index is 0.0540. The molecule has 0 bridgehead atoms. The molecule has 22 heavy (non-hydrogen) atoms. The summed E-state index contributed by atoms with van der Waals surface area (Å²) < 4.78 is 18.9. The molecule has 2 heterocycles. The second-order valence-electron chi connectivity index (χ2n) is 5.27. The quantitative estimate of drug-likeness (QED) is 0.886. The molecule has 2 aliphatic heterocycles. The minimum Gasteiger partial charge on any atom is -0.423 e. The van der Waals surface area contributed by atoms with Crippen LogP contribution in [0.15, 0.2) is 29.3 Å². The molecule has 1 amide bonds. The highest BCUT2D eigenvalue weighted by molar-refractivity contribution is 8.00. The van der Waals surface area contributed by atoms with Gasteiger partial charge in [-0.05, 0) is 30.7 Å². The number of hydrogen-bond acceptors (Lipinski definition) is 5. The molecule has 0 radical (unpaired) electrons. The number of para-hydroxylation sites is 1. The molecule has 0 spiro atoms. The fourth-order valence-corrected chi connectivity index (χ4v) is 3.57. The largest absolute Gasteiger partial charge is 0.423 e. The van der Waals surface area contributed by atoms with Gasteiger partial charge in [0.2, 0.25) is 5.91 Å². The summed E-state index contributed by atoms with van der Waals surface area (Å²) in [5.74, 6) is 0.849. The van der Waals surface area contributed by atoms with Crippen LogP contribution in [0.1, 0.15) is 12.8 Å². The maximum Gasteiger partial charge on any atom is 0.290 e. The van der Waals surface area contributed by atoms with Crippen LogP contribution in [0, 0.1) is 5.82 Å². The van der Waals surface area contributed by atoms with Gasteiger partial charge < -0.3 is 15.4 Å². The summed E-state index contributed by atoms with van der Waals surface area (Å²) in [6, 6.07) is 6.41. The average molecular weight is 323 g/mol. The molecule has 1 saturated heterocycles. The molecule has 2 unspecified atom stereocenters. The molecule has 118 valence electrons. The molecular formula is C15H18FN3O2S. The predicted molar refractivity (Wildman–Crippen MR) is 84.7 cm³/mol. The SMILES string of the molecule is O=C(NC1CN=C(Oc2ccccc2F)NC1)C1CCCS1. The van der Waals surface area contributed by atoms with Crippen LogP contribution >= 0.6 is 11.8 Å². The van der Waals surface area contributed by atoms with Crippen molar-refractivity contribution in [3.8, 4) is 5.75 Å². The number of ether oxygens (including phenoxy) is 1. The Bertz CT molecular complexity index is 576. The number of amidine groups is 1. The number of rotatable bonds is 3. The molecule has 0 saturated carbocycles. The highest BCUT2D eigenvalue weighted by Gasteiger charge is 2.26. The van der Waals surface area contributed by atoms with Crippen molar-refractivity contribution in [3.05, 3.63) is 30.1 Å². The van der Waals surface area contributed by atoms with Crippen LogP contribution in [0.2, 0.25) is 0 Å². The lowest BCUT2D eigenvalue weighted by Crippen LogP contribution is -2.51. The van der Waals surface area contributed by atoms with E-state index < -0.39 is 5.82 Å². The number of carbonyl (C=O) groups excluding carboxylic acids is 1. The van der Waals surface area contributed by atoms with Gasteiger partial charge in [-0.25, -0.2) is 9.38 Å². The lowest BCUT2D eigenvalue weighted by Gasteiger charge is -2.24. The fourth-order valence-electron chi connectivity index (χ4n) is 2.40. The molecule has 1 fully saturated rings. The van der Waals surface area contributed by atoms with E-state index >= 15 is 0 Å². The summed E-state index contributed by atoms with van der Waals surface area (Å²) >= 11 is 1.71. The van der Waals surface area contributed by atoms with Crippen LogP contribution in [0.5, 0.6) is 5.75 Å². The zero-order valence-corrected chi connectivity index (χ0v) is 12.9. The van der Waals surface area contributed by atoms with E-state index in [4.69, 9.17) is 4.74 Å². The van der Waals surface area contributed by atoms with E-state index in [1.165, 1.54) is 6.07 Å². The Hall–Kier alpha value is -1.76. The van der Waals surface area contributed by atoms with Gasteiger partial charge >= 0.3 is 0 Å². The average Bonchev–Trinajstić information content (AvgIpc) is 3.06. The normalized spacial score (nSPS) is 24.3. The van der Waals surface area contributed by atoms with E-state index in [2.05, 4.69) is 15.6 Å². The number of hydrogen-bond donors (Lipinski definition) is 2. The molecule has 2 atom stereocenters. The van der Waals surface area contributed by atoms with Gasteiger partial charge in [-0.1, -0.05) is 12.1 Å². The van der Waals surface area contributed by atoms with Gasteiger partial charge in [0, 0.05) is 6.54 Å². The van der Waals surface area contributed by atoms with Crippen molar-refractivity contribution in [3.63, 3.8) is 0 Å². The van der Waals surface area contributed by atoms with Crippen molar-refractivity contribution >= 4 is 23.7 Å². The van der Waals surface area contributed by atoms with Crippen LogP contribution in [0.4, 0.5) is 4.39 Å². The predicted octanol–water partition coefficient (Wildman–Crippen LogP) is 1.54. The van der Waals surface area contributed by atoms with Crippen LogP contribution in [-0.4, -0.2) is 42.1 Å². The molecule has 2 N–H and O–H groups in total. The summed E-state index contributed by atoms with van der Waals surface area (Å²) in [4.78, 5) is 16.3. The smallest absolute Gasteiger partial charge is 0.290 e. The zero-order valence-electron chi connectivity index (χ0n) is 12.0. The third kappa shape index (κ3) is 3.71. The third-order valence-electron chi connectivity index (χ3n) is 3.57. The third-order valence-corrected chi connectivity index (χ3v) is 4.94. The first-order valence-corrected chi connectivity index (χ1v) is 8.40. The number of amides is 1. The monoisotopic (exact) mass is 323 g/mol. The fraction of sp³-hybridized carbons (Fsp3) is 0.467. The molecule has 1 aromatic carbocycles. The van der Waals surface area contributed by atoms with E-state index in [1.807, 2.05) is 0 Å². The van der Waals surface area contributed by atoms with Crippen molar-refractivity contribution in [1.82, 2.24) is 10.6 Å². The summed E-state index contributed by atoms with van der Waals surface area (Å²) in [5, 5.41) is 6.05. The lowest BCUT2D eigenvalue weighted by atomic mass is 10.2. The van der Waals surface area contributed by atoms with Crippen LogP contribution in [0.25, 0.3) is 0 Å². The molecule has 0 aromatic heterocycles. The van der Waals surface area contributed by atoms with Gasteiger partial charge in [0.05, 0.1) is 17.8 Å². The molecule has 1 aromatic rings. The standard InChI is InChI=1S/C15H18FN3O2S/c16-11-4-1-2-5-12(11)21-15-17-8-10(9-18-15)19-14(20)13-6-3-7-22-13/h1-2,4-5,10,13H,3,6-9H2,(H,17,18)(H,19,20). The van der Waals surface area contributed by atoms with Gasteiger partial charge in [-0.2, -0.15) is 0 Å². The number of nitrogens with zero attached hydrogens (tertiary/aromatic N) is 1. The Morgan fingerprint density at radius 1 is 1.45 bits per heavy atom. The highest BCUT2D eigenvalue weighted by Crippen LogP contribution is 2.26. The van der Waals surface area contributed by atoms with Gasteiger partial charge in [0.25, 0.3) is 6.02 Å². The van der Waals surface area contributed by atoms with Crippen LogP contribution in [0.3, 0.4) is 0 Å². The van der Waals surface area contributed by atoms with Crippen molar-refractivity contribution in [2.45, 2.75) is 24.1 Å². The number of benzene rings is 1. The van der Waals surface area contributed by atoms with Crippen molar-refractivity contribution < 1.29 is 13.9 Å². The van der Waals surface area contributed by atoms with Gasteiger partial charge in [0.1, 0.15) is 0 Å². The minimum atomic E-state index is -0.430. The molecule has 5 nitrogen and oxygen atoms in total. The number of aliphatic imine (C=N–C) groups is 1. The Morgan fingerprint density at radius 2 is 2.32 bits per heavy atom. The number of nitrogens with one attached hydrogen (secondary N) is 2. The van der Waals surface area contributed by atoms with Crippen molar-refractivity contribution in [1.29, 1.82) is 0 Å². The Kier molecular flexibility index (Phi) is 4.82. The maximum absolute atomic E-state index is 13.5. The summed E-state index contributed by atoms with van der Waals surface area (Å²) in [6.07, 6.45) is 2.05. The van der Waals surface area contributed by atoms with Gasteiger partial charge in [-0.3, -0.25) is 4.79 Å². The molecule has 3 rings (SSSR count). The Labute approximate surface area is 132 Å². The van der Waals surface area contributed by atoms with E-state index in [9.17, 15) is 9.18 Å². The topological polar surface area (TPSA) is 62.7 Å². The van der Waals surface area contributed by atoms with Crippen molar-refractivity contribution in [2.75, 3.05) is 18.8 Å². The Morgan fingerprint density at radius 3 is 3.00 bits per heavy atom. The van der Waals surface area contributed by atoms with Gasteiger partial charge in [-0.15, -0.1) is 11.8 Å².